The lowest BCUT2D eigenvalue weighted by atomic mass is 9.35. The Morgan fingerprint density at radius 1 is 0.576 bits per heavy atom. The van der Waals surface area contributed by atoms with Crippen LogP contribution in [0, 0.1) is 45.3 Å². The summed E-state index contributed by atoms with van der Waals surface area (Å²) < 4.78 is 42.8. The number of aliphatic hydroxyl groups excluding tert-OH is 12. The fourth-order valence-electron chi connectivity index (χ4n) is 15.5. The van der Waals surface area contributed by atoms with Gasteiger partial charge in [-0.1, -0.05) is 34.6 Å². The molecule has 4 saturated heterocycles. The SMILES string of the molecule is CC1(C)OC(C)(C2CCC3(C)C2C(O)CC2C4(C)CCC(OC5OC(COC6OCC(O)C(O)C6O)C(O)C(O)C5OC5OC(CO)C(O)C(O)C5O)C(C)(C)C4CCC23C)CC(O)C1O. The van der Waals surface area contributed by atoms with Crippen LogP contribution in [-0.2, 0) is 33.2 Å². The van der Waals surface area contributed by atoms with Crippen LogP contribution in [0.15, 0.2) is 0 Å². The van der Waals surface area contributed by atoms with Gasteiger partial charge in [0.15, 0.2) is 18.9 Å². The zero-order chi connectivity index (χ0) is 48.4. The minimum absolute atomic E-state index is 0.0284. The Balaban J connectivity index is 1.03. The Morgan fingerprint density at radius 3 is 1.88 bits per heavy atom. The van der Waals surface area contributed by atoms with E-state index in [1.807, 2.05) is 20.8 Å². The van der Waals surface area contributed by atoms with Crippen molar-refractivity contribution in [1.82, 2.24) is 0 Å². The van der Waals surface area contributed by atoms with Crippen LogP contribution in [0.1, 0.15) is 107 Å². The van der Waals surface area contributed by atoms with Crippen molar-refractivity contribution in [2.75, 3.05) is 19.8 Å². The van der Waals surface area contributed by atoms with Crippen molar-refractivity contribution in [2.24, 2.45) is 45.3 Å². The number of fused-ring (bicyclic) bond motifs is 5. The first-order chi connectivity index (χ1) is 30.7. The summed E-state index contributed by atoms with van der Waals surface area (Å²) in [5.41, 5.74) is -2.92. The highest BCUT2D eigenvalue weighted by molar-refractivity contribution is 5.21. The molecule has 19 nitrogen and oxygen atoms in total. The quantitative estimate of drug-likeness (QED) is 0.121. The van der Waals surface area contributed by atoms with Crippen LogP contribution in [0.4, 0.5) is 0 Å². The zero-order valence-corrected chi connectivity index (χ0v) is 39.7. The molecule has 0 spiro atoms. The molecular weight excluding hydrogens is 868 g/mol. The maximum absolute atomic E-state index is 12.5. The molecule has 8 aliphatic rings. The Hall–Kier alpha value is -0.760. The molecule has 0 aromatic carbocycles. The predicted octanol–water partition coefficient (Wildman–Crippen LogP) is -1.21. The summed E-state index contributed by atoms with van der Waals surface area (Å²) in [6.45, 7) is 15.5. The first-order valence-corrected chi connectivity index (χ1v) is 24.3. The molecule has 12 N–H and O–H groups in total. The normalized spacial score (nSPS) is 57.1. The van der Waals surface area contributed by atoms with Crippen molar-refractivity contribution in [3.05, 3.63) is 0 Å². The van der Waals surface area contributed by atoms with E-state index < -0.39 is 140 Å². The second kappa shape index (κ2) is 18.1. The molecule has 0 aromatic heterocycles. The standard InChI is InChI=1S/C47H80O19/c1-42(2)26-10-14-45(6)27(15-21(49)29-20(9-13-46(29,45)7)47(8)16-22(50)38(59)43(3,4)66-47)44(26,5)12-11-28(42)64-41-37(65-40-36(58)33(55)31(53)24(17-48)62-40)34(56)32(54)25(63-41)19-61-39-35(57)30(52)23(51)18-60-39/h20-41,48-59H,9-19H2,1-8H3. The van der Waals surface area contributed by atoms with Gasteiger partial charge < -0.3 is 94.4 Å². The van der Waals surface area contributed by atoms with Gasteiger partial charge in [0, 0.05) is 6.42 Å². The minimum atomic E-state index is -1.84. The molecule has 19 heteroatoms. The van der Waals surface area contributed by atoms with Gasteiger partial charge in [0.2, 0.25) is 0 Å². The van der Waals surface area contributed by atoms with Gasteiger partial charge in [-0.3, -0.25) is 0 Å². The summed E-state index contributed by atoms with van der Waals surface area (Å²) in [7, 11) is 0. The number of rotatable bonds is 9. The number of ether oxygens (including phenoxy) is 7. The predicted molar refractivity (Wildman–Crippen MR) is 228 cm³/mol. The average Bonchev–Trinajstić information content (AvgIpc) is 3.64. The van der Waals surface area contributed by atoms with E-state index in [9.17, 15) is 61.3 Å². The van der Waals surface area contributed by atoms with E-state index in [1.165, 1.54) is 0 Å². The van der Waals surface area contributed by atoms with E-state index in [4.69, 9.17) is 33.2 Å². The molecule has 0 aromatic rings. The second-order valence-corrected chi connectivity index (χ2v) is 23.6. The summed E-state index contributed by atoms with van der Waals surface area (Å²) in [5, 5.41) is 130. The summed E-state index contributed by atoms with van der Waals surface area (Å²) in [6.07, 6.45) is -19.7. The number of hydrogen-bond donors (Lipinski definition) is 12. The summed E-state index contributed by atoms with van der Waals surface area (Å²) >= 11 is 0. The van der Waals surface area contributed by atoms with E-state index in [1.54, 1.807) is 0 Å². The Morgan fingerprint density at radius 2 is 1.21 bits per heavy atom. The fourth-order valence-corrected chi connectivity index (χ4v) is 15.5. The smallest absolute Gasteiger partial charge is 0.187 e. The Kier molecular flexibility index (Phi) is 14.1. The van der Waals surface area contributed by atoms with Crippen molar-refractivity contribution >= 4 is 0 Å². The number of hydrogen-bond acceptors (Lipinski definition) is 19. The first-order valence-electron chi connectivity index (χ1n) is 24.3. The molecule has 382 valence electrons. The van der Waals surface area contributed by atoms with Crippen molar-refractivity contribution < 1.29 is 94.4 Å². The molecule has 4 saturated carbocycles. The topological polar surface area (TPSA) is 307 Å². The van der Waals surface area contributed by atoms with Crippen molar-refractivity contribution in [2.45, 2.75) is 228 Å². The van der Waals surface area contributed by atoms with Gasteiger partial charge in [0.25, 0.3) is 0 Å². The van der Waals surface area contributed by atoms with Crippen LogP contribution in [0.2, 0.25) is 0 Å². The van der Waals surface area contributed by atoms with Gasteiger partial charge in [0.05, 0.1) is 49.3 Å². The second-order valence-electron chi connectivity index (χ2n) is 23.6. The lowest BCUT2D eigenvalue weighted by Gasteiger charge is -2.71. The molecule has 8 rings (SSSR count). The van der Waals surface area contributed by atoms with E-state index in [-0.39, 0.29) is 52.9 Å². The summed E-state index contributed by atoms with van der Waals surface area (Å²) in [6, 6.07) is 0. The molecule has 0 bridgehead atoms. The van der Waals surface area contributed by atoms with Crippen molar-refractivity contribution in [3.8, 4) is 0 Å². The summed E-state index contributed by atoms with van der Waals surface area (Å²) in [5.74, 6) is 0.103. The molecule has 26 atom stereocenters. The fraction of sp³-hybridized carbons (Fsp3) is 1.00. The highest BCUT2D eigenvalue weighted by Crippen LogP contribution is 2.76. The largest absolute Gasteiger partial charge is 0.394 e. The van der Waals surface area contributed by atoms with Crippen molar-refractivity contribution in [3.63, 3.8) is 0 Å². The highest BCUT2D eigenvalue weighted by atomic mass is 16.8. The molecule has 0 radical (unpaired) electrons. The zero-order valence-electron chi connectivity index (χ0n) is 39.7. The van der Waals surface area contributed by atoms with Crippen LogP contribution in [0.3, 0.4) is 0 Å². The lowest BCUT2D eigenvalue weighted by molar-refractivity contribution is -0.382. The average molecular weight is 949 g/mol. The molecule has 26 unspecified atom stereocenters. The van der Waals surface area contributed by atoms with Crippen LogP contribution in [-0.4, -0.2) is 203 Å². The first kappa shape index (κ1) is 51.6. The molecular formula is C47H80O19. The summed E-state index contributed by atoms with van der Waals surface area (Å²) in [4.78, 5) is 0. The van der Waals surface area contributed by atoms with Gasteiger partial charge >= 0.3 is 0 Å². The monoisotopic (exact) mass is 949 g/mol. The van der Waals surface area contributed by atoms with Gasteiger partial charge in [-0.05, 0) is 111 Å². The third-order valence-electron chi connectivity index (χ3n) is 19.3. The molecule has 4 aliphatic carbocycles. The Bertz CT molecular complexity index is 1700. The van der Waals surface area contributed by atoms with E-state index in [0.717, 1.165) is 32.1 Å². The highest BCUT2D eigenvalue weighted by Gasteiger charge is 2.72. The molecule has 4 aliphatic heterocycles. The number of aliphatic hydroxyl groups is 12. The molecule has 66 heavy (non-hydrogen) atoms. The molecule has 0 amide bonds. The van der Waals surface area contributed by atoms with Crippen LogP contribution >= 0.6 is 0 Å². The third kappa shape index (κ3) is 8.16. The van der Waals surface area contributed by atoms with Gasteiger partial charge in [0.1, 0.15) is 73.2 Å². The van der Waals surface area contributed by atoms with Crippen LogP contribution in [0.5, 0.6) is 0 Å². The Labute approximate surface area is 387 Å². The molecule has 4 heterocycles. The lowest BCUT2D eigenvalue weighted by Crippen LogP contribution is -2.68. The van der Waals surface area contributed by atoms with E-state index >= 15 is 0 Å². The van der Waals surface area contributed by atoms with Crippen LogP contribution < -0.4 is 0 Å². The maximum Gasteiger partial charge on any atom is 0.187 e. The maximum atomic E-state index is 12.5. The van der Waals surface area contributed by atoms with Gasteiger partial charge in [-0.2, -0.15) is 0 Å². The molecule has 8 fully saturated rings. The van der Waals surface area contributed by atoms with Gasteiger partial charge in [-0.25, -0.2) is 0 Å². The minimum Gasteiger partial charge on any atom is -0.394 e. The van der Waals surface area contributed by atoms with Crippen LogP contribution in [0.25, 0.3) is 0 Å². The van der Waals surface area contributed by atoms with E-state index in [2.05, 4.69) is 34.6 Å². The van der Waals surface area contributed by atoms with E-state index in [0.29, 0.717) is 12.8 Å². The third-order valence-corrected chi connectivity index (χ3v) is 19.3. The van der Waals surface area contributed by atoms with Gasteiger partial charge in [-0.15, -0.1) is 0 Å². The van der Waals surface area contributed by atoms with Crippen molar-refractivity contribution in [1.29, 1.82) is 0 Å².